The van der Waals surface area contributed by atoms with E-state index in [0.717, 1.165) is 27.9 Å². The molecule has 33 heavy (non-hydrogen) atoms. The van der Waals surface area contributed by atoms with Gasteiger partial charge in [0.05, 0.1) is 10.7 Å². The van der Waals surface area contributed by atoms with Crippen LogP contribution in [-0.2, 0) is 16.0 Å². The first-order chi connectivity index (χ1) is 16.1. The highest BCUT2D eigenvalue weighted by atomic mass is 32.2. The number of amides is 2. The van der Waals surface area contributed by atoms with Crippen LogP contribution >= 0.6 is 23.1 Å². The number of carbonyl (C=O) groups is 2. The first-order valence-corrected chi connectivity index (χ1v) is 12.7. The zero-order valence-corrected chi connectivity index (χ0v) is 19.8. The number of imide groups is 1. The minimum absolute atomic E-state index is 0.139. The van der Waals surface area contributed by atoms with Crippen LogP contribution in [-0.4, -0.2) is 23.1 Å². The van der Waals surface area contributed by atoms with Crippen LogP contribution in [0.3, 0.4) is 0 Å². The third kappa shape index (κ3) is 5.57. The fourth-order valence-electron chi connectivity index (χ4n) is 4.93. The molecule has 2 aromatic carbocycles. The Bertz CT molecular complexity index is 1040. The molecule has 2 heterocycles. The maximum Gasteiger partial charge on any atom is 0.305 e. The Hall–Kier alpha value is -2.84. The molecule has 2 saturated carbocycles. The highest BCUT2D eigenvalue weighted by Gasteiger charge is 2.50. The zero-order valence-electron chi connectivity index (χ0n) is 18.1. The predicted molar refractivity (Wildman–Crippen MR) is 135 cm³/mol. The Morgan fingerprint density at radius 3 is 2.15 bits per heavy atom. The van der Waals surface area contributed by atoms with E-state index in [1.165, 1.54) is 46.9 Å². The molecule has 0 saturated heterocycles. The molecular weight excluding hydrogens is 454 g/mol. The lowest BCUT2D eigenvalue weighted by Gasteiger charge is -2.33. The largest absolute Gasteiger partial charge is 0.399 e. The van der Waals surface area contributed by atoms with Crippen molar-refractivity contribution >= 4 is 47.3 Å². The number of thioether (sulfide) groups is 1. The number of nitrogens with one attached hydrogen (secondary N) is 1. The van der Waals surface area contributed by atoms with E-state index in [1.807, 2.05) is 48.2 Å². The standard InChI is InChI=1S/C11H13NOS2.C8H8N2O2.C6H6/c13-11-12-10-8(14-11)4-7-5-1-2-6(3-5)9(7)15-10;9-7-1-3-8(4-2-7)10(5-11)6-12;1-2-4-6-5-3-1/h5-7,9H,1-4H2,(H,12,13);1-6H,9H2;1-6H/t5-,6+,7+,9-;;/m1../s1. The van der Waals surface area contributed by atoms with Crippen LogP contribution < -0.4 is 15.5 Å². The smallest absolute Gasteiger partial charge is 0.305 e. The summed E-state index contributed by atoms with van der Waals surface area (Å²) in [6.45, 7) is 0. The maximum absolute atomic E-state index is 11.3. The van der Waals surface area contributed by atoms with Gasteiger partial charge in [-0.25, -0.2) is 0 Å². The lowest BCUT2D eigenvalue weighted by Crippen LogP contribution is -2.29. The molecule has 6 nitrogen and oxygen atoms in total. The van der Waals surface area contributed by atoms with E-state index in [0.29, 0.717) is 24.2 Å². The van der Waals surface area contributed by atoms with Crippen LogP contribution in [0, 0.1) is 17.8 Å². The summed E-state index contributed by atoms with van der Waals surface area (Å²) in [5, 5.41) is 2.01. The molecule has 0 spiro atoms. The summed E-state index contributed by atoms with van der Waals surface area (Å²) in [6.07, 6.45) is 6.40. The molecule has 3 aliphatic rings. The molecule has 3 N–H and O–H groups in total. The van der Waals surface area contributed by atoms with Gasteiger partial charge in [0.1, 0.15) is 0 Å². The number of rotatable bonds is 3. The van der Waals surface area contributed by atoms with E-state index in [-0.39, 0.29) is 4.87 Å². The van der Waals surface area contributed by atoms with Crippen molar-refractivity contribution in [2.75, 3.05) is 10.6 Å². The molecule has 2 amide bonds. The Morgan fingerprint density at radius 1 is 0.939 bits per heavy atom. The second-order valence-electron chi connectivity index (χ2n) is 8.41. The summed E-state index contributed by atoms with van der Waals surface area (Å²) >= 11 is 3.40. The van der Waals surface area contributed by atoms with Crippen molar-refractivity contribution in [1.82, 2.24) is 4.98 Å². The number of thiazole rings is 1. The SMILES string of the molecule is Nc1ccc(N(C=O)C=O)cc1.O=c1[nH]c2c(s1)C[C@H]1[C@@H]3CC[C@@H](C3)[C@H]1S2.c1ccccc1. The number of nitrogens with zero attached hydrogens (tertiary/aromatic N) is 1. The van der Waals surface area contributed by atoms with Crippen LogP contribution in [0.1, 0.15) is 24.1 Å². The number of fused-ring (bicyclic) bond motifs is 6. The normalized spacial score (nSPS) is 23.6. The lowest BCUT2D eigenvalue weighted by atomic mass is 9.85. The number of nitrogens with two attached hydrogens (primary N) is 1. The second-order valence-corrected chi connectivity index (χ2v) is 10.7. The quantitative estimate of drug-likeness (QED) is 0.422. The van der Waals surface area contributed by atoms with Crippen LogP contribution in [0.25, 0.3) is 0 Å². The fourth-order valence-corrected chi connectivity index (χ4v) is 7.63. The molecule has 2 aliphatic carbocycles. The molecule has 3 aromatic rings. The third-order valence-electron chi connectivity index (χ3n) is 6.45. The minimum atomic E-state index is 0.139. The highest BCUT2D eigenvalue weighted by molar-refractivity contribution is 8.00. The van der Waals surface area contributed by atoms with E-state index in [9.17, 15) is 14.4 Å². The first-order valence-electron chi connectivity index (χ1n) is 11.0. The van der Waals surface area contributed by atoms with Gasteiger partial charge in [0, 0.05) is 15.8 Å². The third-order valence-corrected chi connectivity index (χ3v) is 9.08. The average Bonchev–Trinajstić information content (AvgIpc) is 3.55. The number of aromatic nitrogens is 1. The molecule has 6 rings (SSSR count). The summed E-state index contributed by atoms with van der Waals surface area (Å²) in [5.41, 5.74) is 6.52. The Morgan fingerprint density at radius 2 is 1.55 bits per heavy atom. The van der Waals surface area contributed by atoms with Crippen molar-refractivity contribution in [3.63, 3.8) is 0 Å². The van der Waals surface area contributed by atoms with Gasteiger partial charge in [-0.2, -0.15) is 0 Å². The van der Waals surface area contributed by atoms with Gasteiger partial charge in [0.2, 0.25) is 12.8 Å². The van der Waals surface area contributed by atoms with Crippen molar-refractivity contribution in [2.45, 2.75) is 36.0 Å². The molecule has 1 aliphatic heterocycles. The summed E-state index contributed by atoms with van der Waals surface area (Å²) < 4.78 is 0. The van der Waals surface area contributed by atoms with Crippen molar-refractivity contribution < 1.29 is 9.59 Å². The number of hydrogen-bond acceptors (Lipinski definition) is 6. The molecule has 2 bridgehead atoms. The fraction of sp³-hybridized carbons (Fsp3) is 0.320. The monoisotopic (exact) mass is 481 g/mol. The number of aromatic amines is 1. The first kappa shape index (κ1) is 23.3. The number of hydrogen-bond donors (Lipinski definition) is 2. The van der Waals surface area contributed by atoms with Gasteiger partial charge in [0.25, 0.3) is 0 Å². The molecule has 0 unspecified atom stereocenters. The predicted octanol–water partition coefficient (Wildman–Crippen LogP) is 4.57. The summed E-state index contributed by atoms with van der Waals surface area (Å²) in [5.74, 6) is 2.80. The van der Waals surface area contributed by atoms with Gasteiger partial charge >= 0.3 is 4.87 Å². The summed E-state index contributed by atoms with van der Waals surface area (Å²) in [7, 11) is 0. The number of carbonyl (C=O) groups excluding carboxylic acids is 2. The molecule has 2 fully saturated rings. The van der Waals surface area contributed by atoms with Crippen LogP contribution in [0.15, 0.2) is 70.5 Å². The number of H-pyrrole nitrogens is 1. The van der Waals surface area contributed by atoms with Gasteiger partial charge in [-0.15, -0.1) is 11.8 Å². The zero-order chi connectivity index (χ0) is 23.2. The van der Waals surface area contributed by atoms with E-state index >= 15 is 0 Å². The number of anilines is 2. The van der Waals surface area contributed by atoms with Gasteiger partial charge in [-0.3, -0.25) is 19.3 Å². The van der Waals surface area contributed by atoms with Crippen molar-refractivity contribution in [1.29, 1.82) is 0 Å². The van der Waals surface area contributed by atoms with E-state index < -0.39 is 0 Å². The molecular formula is C25H27N3O3S2. The van der Waals surface area contributed by atoms with Crippen molar-refractivity contribution in [3.8, 4) is 0 Å². The molecule has 1 aromatic heterocycles. The van der Waals surface area contributed by atoms with Gasteiger partial charge in [-0.1, -0.05) is 47.7 Å². The van der Waals surface area contributed by atoms with Gasteiger partial charge in [-0.05, 0) is 67.7 Å². The number of nitrogen functional groups attached to an aromatic ring is 1. The summed E-state index contributed by atoms with van der Waals surface area (Å²) in [6, 6.07) is 18.4. The van der Waals surface area contributed by atoms with Crippen LogP contribution in [0.4, 0.5) is 11.4 Å². The van der Waals surface area contributed by atoms with Crippen molar-refractivity contribution in [3.05, 3.63) is 75.2 Å². The molecule has 0 radical (unpaired) electrons. The summed E-state index contributed by atoms with van der Waals surface area (Å²) in [4.78, 5) is 37.3. The highest BCUT2D eigenvalue weighted by Crippen LogP contribution is 2.58. The van der Waals surface area contributed by atoms with E-state index in [4.69, 9.17) is 5.73 Å². The molecule has 4 atom stereocenters. The maximum atomic E-state index is 11.3. The van der Waals surface area contributed by atoms with Crippen molar-refractivity contribution in [2.24, 2.45) is 17.8 Å². The minimum Gasteiger partial charge on any atom is -0.399 e. The lowest BCUT2D eigenvalue weighted by molar-refractivity contribution is -0.113. The van der Waals surface area contributed by atoms with E-state index in [1.54, 1.807) is 24.3 Å². The molecule has 8 heteroatoms. The van der Waals surface area contributed by atoms with Gasteiger partial charge in [0.15, 0.2) is 0 Å². The number of benzene rings is 2. The Labute approximate surface area is 201 Å². The Balaban J connectivity index is 0.000000129. The average molecular weight is 482 g/mol. The van der Waals surface area contributed by atoms with E-state index in [2.05, 4.69) is 4.98 Å². The van der Waals surface area contributed by atoms with Gasteiger partial charge < -0.3 is 10.7 Å². The molecule has 172 valence electrons. The second kappa shape index (κ2) is 10.9. The topological polar surface area (TPSA) is 96.3 Å². The van der Waals surface area contributed by atoms with Crippen LogP contribution in [0.5, 0.6) is 0 Å². The van der Waals surface area contributed by atoms with Crippen LogP contribution in [0.2, 0.25) is 0 Å². The Kier molecular flexibility index (Phi) is 7.67.